The van der Waals surface area contributed by atoms with Crippen LogP contribution >= 0.6 is 27.5 Å². The van der Waals surface area contributed by atoms with Gasteiger partial charge in [0, 0.05) is 80.3 Å². The van der Waals surface area contributed by atoms with E-state index in [1.807, 2.05) is 88.0 Å². The molecule has 580 valence electrons. The number of nitrogens with two attached hydrogens (primary N) is 1. The minimum absolute atomic E-state index is 0.0315. The van der Waals surface area contributed by atoms with E-state index in [1.165, 1.54) is 49.7 Å². The number of anilines is 6. The Balaban J connectivity index is 0.000000161. The molecule has 8 unspecified atom stereocenters. The van der Waals surface area contributed by atoms with E-state index in [2.05, 4.69) is 112 Å². The number of aromatic nitrogens is 8. The average molecular weight is 1580 g/mol. The second kappa shape index (κ2) is 38.7. The van der Waals surface area contributed by atoms with E-state index in [4.69, 9.17) is 45.8 Å². The molecule has 0 saturated carbocycles. The fraction of sp³-hybridized carbons (Fsp3) is 0.474. The van der Waals surface area contributed by atoms with Crippen LogP contribution in [-0.4, -0.2) is 176 Å². The summed E-state index contributed by atoms with van der Waals surface area (Å²) in [7, 11) is 0. The number of nitrogens with zero attached hydrogens (tertiary/aromatic N) is 15. The van der Waals surface area contributed by atoms with E-state index >= 15 is 0 Å². The van der Waals surface area contributed by atoms with Crippen LogP contribution in [0.3, 0.4) is 0 Å². The Morgan fingerprint density at radius 3 is 1.30 bits per heavy atom. The molecule has 32 heteroatoms. The monoisotopic (exact) mass is 1580 g/mol. The summed E-state index contributed by atoms with van der Waals surface area (Å²) in [6.45, 7) is 31.8. The molecule has 12 heterocycles. The van der Waals surface area contributed by atoms with Crippen LogP contribution in [0.4, 0.5) is 63.5 Å². The fourth-order valence-electron chi connectivity index (χ4n) is 13.2. The van der Waals surface area contributed by atoms with Gasteiger partial charge < -0.3 is 78.9 Å². The number of benzene rings is 2. The highest BCUT2D eigenvalue weighted by Crippen LogP contribution is 2.41. The summed E-state index contributed by atoms with van der Waals surface area (Å²) in [5, 5.41) is 20.5. The summed E-state index contributed by atoms with van der Waals surface area (Å²) >= 11 is 8.82. The maximum atomic E-state index is 14.9. The summed E-state index contributed by atoms with van der Waals surface area (Å²) < 4.78 is 92.3. The normalized spacial score (nSPS) is 20.9. The molecule has 108 heavy (non-hydrogen) atoms. The molecule has 6 aliphatic rings. The van der Waals surface area contributed by atoms with Crippen molar-refractivity contribution in [3.8, 4) is 34.0 Å². The van der Waals surface area contributed by atoms with Crippen molar-refractivity contribution in [2.45, 2.75) is 170 Å². The van der Waals surface area contributed by atoms with E-state index in [0.717, 1.165) is 78.9 Å². The van der Waals surface area contributed by atoms with Gasteiger partial charge in [-0.1, -0.05) is 0 Å². The van der Waals surface area contributed by atoms with Gasteiger partial charge in [-0.05, 0) is 210 Å². The number of nitrogen functional groups attached to an aromatic ring is 1. The van der Waals surface area contributed by atoms with Gasteiger partial charge in [-0.2, -0.15) is 0 Å². The average Bonchev–Trinajstić information content (AvgIpc) is 0.783. The maximum Gasteiger partial charge on any atom is 0.363 e. The zero-order chi connectivity index (χ0) is 78.0. The van der Waals surface area contributed by atoms with Crippen LogP contribution in [0.2, 0.25) is 5.28 Å². The Kier molecular flexibility index (Phi) is 29.7. The Bertz CT molecular complexity index is 4230. The van der Waals surface area contributed by atoms with Crippen LogP contribution in [0, 0.1) is 43.5 Å². The van der Waals surface area contributed by atoms with Crippen LogP contribution in [-0.2, 0) is 25.4 Å². The van der Waals surface area contributed by atoms with E-state index in [9.17, 15) is 37.8 Å². The summed E-state index contributed by atoms with van der Waals surface area (Å²) in [4.78, 5) is 62.3. The number of halogens is 6. The molecule has 0 bridgehead atoms. The standard InChI is InChI=1S/C27H31F2N5O2.C15H14ClF2N3O.C11H15N3O3.C11H17N3O.C7H14O.C5H3BrN2O2/c1-16(2)34-7-8-35-27-22(28)9-19(10-24(27)34)26-23(29)13-31-25(32-26)11-20-5-6-21(12-30-20)33-14-17(3)36-18(4)15-33;1-8(2)21-3-4-22-14-10(17)5-9(6-12(14)21)13-11(18)7-19-15(16)20-13;1-8-6-13(7-9(2)17-8)10-3-4-11(12-5-10)14(15)16;1-8-6-14(7-9(2)15-8)10-3-4-11(12)13-5-10;1-6-4-3-5-7(2)8-6;6-4-1-2-5(7-3-4)8(9)10/h5-6,9-10,12-13,16-18H,7-8,11,14-15H2,1-4H3;5-8H,3-4H2,1-2H3;3-5,8-9H,6-7H2,1-2H3;3-5,8-9H,6-7H2,1-2H3,(H2,12,13);6-7H,3-5H2,1-2H3;1-3H. The first-order valence-electron chi connectivity index (χ1n) is 36.0. The summed E-state index contributed by atoms with van der Waals surface area (Å²) in [5.41, 5.74) is 11.2. The van der Waals surface area contributed by atoms with E-state index < -0.39 is 33.1 Å². The quantitative estimate of drug-likeness (QED) is 0.0545. The number of hydrogen-bond acceptors (Lipinski definition) is 24. The topological polar surface area (TPSA) is 287 Å². The molecule has 4 saturated heterocycles. The second-order valence-corrected chi connectivity index (χ2v) is 29.0. The molecular weight excluding hydrogens is 1490 g/mol. The van der Waals surface area contributed by atoms with Crippen molar-refractivity contribution in [1.82, 2.24) is 39.9 Å². The summed E-state index contributed by atoms with van der Waals surface area (Å²) in [6.07, 6.45) is 15.1. The lowest BCUT2D eigenvalue weighted by molar-refractivity contribution is -0.389. The van der Waals surface area contributed by atoms with Gasteiger partial charge in [0.25, 0.3) is 0 Å². The Morgan fingerprint density at radius 1 is 0.509 bits per heavy atom. The van der Waals surface area contributed by atoms with Gasteiger partial charge >= 0.3 is 11.6 Å². The number of morpholine rings is 3. The molecule has 2 N–H and O–H groups in total. The van der Waals surface area contributed by atoms with Gasteiger partial charge in [0.2, 0.25) is 5.28 Å². The zero-order valence-electron chi connectivity index (χ0n) is 62.7. The van der Waals surface area contributed by atoms with Gasteiger partial charge in [0.1, 0.15) is 36.2 Å². The van der Waals surface area contributed by atoms with Gasteiger partial charge in [-0.15, -0.1) is 0 Å². The fourth-order valence-corrected chi connectivity index (χ4v) is 13.6. The van der Waals surface area contributed by atoms with Crippen molar-refractivity contribution in [3.05, 3.63) is 175 Å². The first-order chi connectivity index (χ1) is 51.4. The van der Waals surface area contributed by atoms with E-state index in [-0.39, 0.29) is 88.5 Å². The third kappa shape index (κ3) is 23.4. The molecule has 0 radical (unpaired) electrons. The minimum atomic E-state index is -0.656. The second-order valence-electron chi connectivity index (χ2n) is 27.7. The van der Waals surface area contributed by atoms with Gasteiger partial charge in [0.15, 0.2) is 47.2 Å². The predicted octanol–water partition coefficient (Wildman–Crippen LogP) is 14.9. The van der Waals surface area contributed by atoms with Gasteiger partial charge in [-0.3, -0.25) is 4.98 Å². The van der Waals surface area contributed by atoms with Gasteiger partial charge in [-0.25, -0.2) is 42.5 Å². The molecule has 14 rings (SSSR count). The Hall–Kier alpha value is -9.27. The largest absolute Gasteiger partial charge is 0.486 e. The van der Waals surface area contributed by atoms with Crippen LogP contribution in [0.5, 0.6) is 11.5 Å². The van der Waals surface area contributed by atoms with Crippen molar-refractivity contribution >= 4 is 73.4 Å². The molecule has 4 fully saturated rings. The lowest BCUT2D eigenvalue weighted by atomic mass is 10.1. The van der Waals surface area contributed by atoms with Crippen molar-refractivity contribution < 1.29 is 55.8 Å². The SMILES string of the molecule is CC(C)N1CCOc2c(F)cc(-c3nc(Cl)ncc3F)cc21.CC1CCCC(C)O1.CC1CN(c2ccc(Cc3ncc(F)c(-c4cc(F)c5c(c4)N(C(C)C)CCO5)n3)nc2)CC(C)O1.CC1CN(c2ccc(N)nc2)CC(C)O1.CC1CN(c2ccc([N+](=O)[O-])nc2)CC(C)O1.O=[N+]([O-])c1ccc(Br)cn1. The van der Waals surface area contributed by atoms with Crippen molar-refractivity contribution in [2.75, 3.05) is 95.8 Å². The molecule has 8 atom stereocenters. The van der Waals surface area contributed by atoms with Crippen LogP contribution in [0.25, 0.3) is 22.5 Å². The van der Waals surface area contributed by atoms with Crippen LogP contribution in [0.15, 0.2) is 114 Å². The molecule has 0 spiro atoms. The molecule has 6 aliphatic heterocycles. The summed E-state index contributed by atoms with van der Waals surface area (Å²) in [6, 6.07) is 20.1. The predicted molar refractivity (Wildman–Crippen MR) is 411 cm³/mol. The van der Waals surface area contributed by atoms with E-state index in [1.54, 1.807) is 30.5 Å². The molecule has 0 amide bonds. The highest BCUT2D eigenvalue weighted by Gasteiger charge is 2.30. The molecular formula is C76H94BrClF4N16O10. The molecule has 6 aromatic heterocycles. The first-order valence-corrected chi connectivity index (χ1v) is 37.2. The van der Waals surface area contributed by atoms with Crippen molar-refractivity contribution in [3.63, 3.8) is 0 Å². The highest BCUT2D eigenvalue weighted by atomic mass is 79.9. The lowest BCUT2D eigenvalue weighted by Crippen LogP contribution is -2.45. The maximum absolute atomic E-state index is 14.9. The molecule has 2 aromatic carbocycles. The van der Waals surface area contributed by atoms with Crippen LogP contribution in [0.1, 0.15) is 114 Å². The number of fused-ring (bicyclic) bond motifs is 2. The minimum Gasteiger partial charge on any atom is -0.486 e. The molecule has 8 aromatic rings. The third-order valence-electron chi connectivity index (χ3n) is 17.9. The number of nitro groups is 2. The number of rotatable bonds is 11. The third-order valence-corrected chi connectivity index (χ3v) is 18.6. The van der Waals surface area contributed by atoms with E-state index in [0.29, 0.717) is 79.1 Å². The van der Waals surface area contributed by atoms with Crippen molar-refractivity contribution in [1.29, 1.82) is 0 Å². The summed E-state index contributed by atoms with van der Waals surface area (Å²) in [5.74, 6) is -1.24. The Labute approximate surface area is 640 Å². The molecule has 26 nitrogen and oxygen atoms in total. The highest BCUT2D eigenvalue weighted by molar-refractivity contribution is 9.10. The molecule has 0 aliphatic carbocycles. The number of hydrogen-bond donors (Lipinski definition) is 1. The number of pyridine rings is 4. The Morgan fingerprint density at radius 2 is 0.917 bits per heavy atom. The zero-order valence-corrected chi connectivity index (χ0v) is 65.0. The van der Waals surface area contributed by atoms with Gasteiger partial charge in [0.05, 0.1) is 126 Å². The first kappa shape index (κ1) is 82.8. The lowest BCUT2D eigenvalue weighted by Gasteiger charge is -2.36. The van der Waals surface area contributed by atoms with Crippen LogP contribution < -0.4 is 39.7 Å². The smallest absolute Gasteiger partial charge is 0.363 e. The van der Waals surface area contributed by atoms with Crippen molar-refractivity contribution in [2.24, 2.45) is 0 Å². The number of ether oxygens (including phenoxy) is 6.